The summed E-state index contributed by atoms with van der Waals surface area (Å²) in [4.78, 5) is 15.2. The molecule has 7 nitrogen and oxygen atoms in total. The quantitative estimate of drug-likeness (QED) is 0.508. The lowest BCUT2D eigenvalue weighted by Crippen LogP contribution is -2.44. The summed E-state index contributed by atoms with van der Waals surface area (Å²) in [6, 6.07) is 8.45. The van der Waals surface area contributed by atoms with Gasteiger partial charge in [0.2, 0.25) is 11.1 Å². The number of hydrogen-bond donors (Lipinski definition) is 1. The van der Waals surface area contributed by atoms with E-state index in [1.54, 1.807) is 0 Å². The lowest BCUT2D eigenvalue weighted by molar-refractivity contribution is -0.132. The van der Waals surface area contributed by atoms with Gasteiger partial charge in [0.25, 0.3) is 0 Å². The van der Waals surface area contributed by atoms with Crippen LogP contribution in [0.2, 0.25) is 0 Å². The second kappa shape index (κ2) is 9.29. The first-order valence-electron chi connectivity index (χ1n) is 10.9. The standard InChI is InChI=1S/C22H31N5O2S/c1-3-29-19-12-6-16(7-13-19)21-24-25-22(27(21)23)30-14-20(28)26(18-10-11-18)17-8-4-15(2)5-9-17/h6-7,12-13,15,17-18H,3-5,8-11,14,23H2,1-2H3. The minimum absolute atomic E-state index is 0.202. The summed E-state index contributed by atoms with van der Waals surface area (Å²) in [5.74, 6) is 8.95. The summed E-state index contributed by atoms with van der Waals surface area (Å²) in [5.41, 5.74) is 0.863. The van der Waals surface area contributed by atoms with E-state index in [2.05, 4.69) is 22.0 Å². The summed E-state index contributed by atoms with van der Waals surface area (Å²) in [6.07, 6.45) is 6.97. The van der Waals surface area contributed by atoms with Crippen molar-refractivity contribution in [1.29, 1.82) is 0 Å². The SMILES string of the molecule is CCOc1ccc(-c2nnc(SCC(=O)N(C3CCC(C)CC3)C3CC3)n2N)cc1. The van der Waals surface area contributed by atoms with Crippen molar-refractivity contribution in [2.45, 2.75) is 69.6 Å². The topological polar surface area (TPSA) is 86.3 Å². The van der Waals surface area contributed by atoms with E-state index in [1.165, 1.54) is 29.3 Å². The lowest BCUT2D eigenvalue weighted by Gasteiger charge is -2.36. The molecule has 4 rings (SSSR count). The molecule has 0 radical (unpaired) electrons. The maximum Gasteiger partial charge on any atom is 0.233 e. The van der Waals surface area contributed by atoms with Gasteiger partial charge in [0, 0.05) is 17.6 Å². The van der Waals surface area contributed by atoms with Crippen LogP contribution in [0.25, 0.3) is 11.4 Å². The van der Waals surface area contributed by atoms with Gasteiger partial charge < -0.3 is 15.5 Å². The summed E-state index contributed by atoms with van der Waals surface area (Å²) in [5, 5.41) is 9.00. The van der Waals surface area contributed by atoms with E-state index in [0.717, 1.165) is 42.9 Å². The molecule has 0 aliphatic heterocycles. The van der Waals surface area contributed by atoms with Crippen LogP contribution in [-0.4, -0.2) is 50.1 Å². The van der Waals surface area contributed by atoms with Crippen LogP contribution in [0.4, 0.5) is 0 Å². The Morgan fingerprint density at radius 1 is 1.13 bits per heavy atom. The fourth-order valence-corrected chi connectivity index (χ4v) is 4.94. The molecule has 0 unspecified atom stereocenters. The molecular weight excluding hydrogens is 398 g/mol. The van der Waals surface area contributed by atoms with Gasteiger partial charge in [-0.1, -0.05) is 18.7 Å². The second-order valence-electron chi connectivity index (χ2n) is 8.37. The van der Waals surface area contributed by atoms with E-state index >= 15 is 0 Å². The first-order valence-corrected chi connectivity index (χ1v) is 11.9. The van der Waals surface area contributed by atoms with Crippen LogP contribution in [0.3, 0.4) is 0 Å². The first kappa shape index (κ1) is 21.0. The fraction of sp³-hybridized carbons (Fsp3) is 0.591. The van der Waals surface area contributed by atoms with Gasteiger partial charge in [-0.15, -0.1) is 10.2 Å². The number of carbonyl (C=O) groups excluding carboxylic acids is 1. The Balaban J connectivity index is 1.39. The molecule has 2 N–H and O–H groups in total. The number of benzene rings is 1. The molecule has 30 heavy (non-hydrogen) atoms. The number of ether oxygens (including phenoxy) is 1. The molecule has 0 atom stereocenters. The van der Waals surface area contributed by atoms with Crippen molar-refractivity contribution in [1.82, 2.24) is 19.8 Å². The number of aromatic nitrogens is 3. The Bertz CT molecular complexity index is 857. The minimum atomic E-state index is 0.202. The van der Waals surface area contributed by atoms with Crippen molar-refractivity contribution in [2.24, 2.45) is 5.92 Å². The van der Waals surface area contributed by atoms with Gasteiger partial charge in [-0.25, -0.2) is 4.68 Å². The zero-order chi connectivity index (χ0) is 21.1. The third-order valence-corrected chi connectivity index (χ3v) is 6.95. The molecule has 1 aromatic carbocycles. The molecule has 2 aromatic rings. The van der Waals surface area contributed by atoms with E-state index in [-0.39, 0.29) is 5.91 Å². The maximum absolute atomic E-state index is 13.1. The van der Waals surface area contributed by atoms with Gasteiger partial charge in [-0.2, -0.15) is 0 Å². The molecule has 1 amide bonds. The van der Waals surface area contributed by atoms with Crippen LogP contribution in [0, 0.1) is 5.92 Å². The highest BCUT2D eigenvalue weighted by Crippen LogP contribution is 2.36. The summed E-state index contributed by atoms with van der Waals surface area (Å²) >= 11 is 1.37. The predicted molar refractivity (Wildman–Crippen MR) is 119 cm³/mol. The number of nitrogen functional groups attached to an aromatic ring is 1. The highest BCUT2D eigenvalue weighted by molar-refractivity contribution is 7.99. The molecule has 0 bridgehead atoms. The smallest absolute Gasteiger partial charge is 0.233 e. The number of thioether (sulfide) groups is 1. The van der Waals surface area contributed by atoms with Gasteiger partial charge in [-0.05, 0) is 75.6 Å². The van der Waals surface area contributed by atoms with Crippen LogP contribution in [0.15, 0.2) is 29.4 Å². The molecule has 162 valence electrons. The summed E-state index contributed by atoms with van der Waals surface area (Å²) in [7, 11) is 0. The molecule has 8 heteroatoms. The highest BCUT2D eigenvalue weighted by Gasteiger charge is 2.38. The second-order valence-corrected chi connectivity index (χ2v) is 9.31. The molecule has 2 aliphatic rings. The van der Waals surface area contributed by atoms with Crippen LogP contribution < -0.4 is 10.6 Å². The van der Waals surface area contributed by atoms with Crippen LogP contribution in [0.5, 0.6) is 5.75 Å². The summed E-state index contributed by atoms with van der Waals surface area (Å²) < 4.78 is 6.95. The van der Waals surface area contributed by atoms with E-state index in [0.29, 0.717) is 35.4 Å². The van der Waals surface area contributed by atoms with Gasteiger partial charge in [0.05, 0.1) is 12.4 Å². The summed E-state index contributed by atoms with van der Waals surface area (Å²) in [6.45, 7) is 4.89. The van der Waals surface area contributed by atoms with Gasteiger partial charge in [-0.3, -0.25) is 4.79 Å². The Morgan fingerprint density at radius 3 is 2.37 bits per heavy atom. The zero-order valence-electron chi connectivity index (χ0n) is 17.8. The lowest BCUT2D eigenvalue weighted by atomic mass is 9.86. The Labute approximate surface area is 182 Å². The number of carbonyl (C=O) groups is 1. The largest absolute Gasteiger partial charge is 0.494 e. The molecular formula is C22H31N5O2S. The normalized spacial score (nSPS) is 21.4. The molecule has 0 saturated heterocycles. The van der Waals surface area contributed by atoms with Crippen molar-refractivity contribution in [3.63, 3.8) is 0 Å². The van der Waals surface area contributed by atoms with Crippen molar-refractivity contribution < 1.29 is 9.53 Å². The van der Waals surface area contributed by atoms with Crippen LogP contribution in [-0.2, 0) is 4.79 Å². The average molecular weight is 430 g/mol. The maximum atomic E-state index is 13.1. The molecule has 2 saturated carbocycles. The van der Waals surface area contributed by atoms with Crippen molar-refractivity contribution in [3.05, 3.63) is 24.3 Å². The van der Waals surface area contributed by atoms with E-state index in [4.69, 9.17) is 10.6 Å². The van der Waals surface area contributed by atoms with Crippen molar-refractivity contribution >= 4 is 17.7 Å². The number of nitrogens with zero attached hydrogens (tertiary/aromatic N) is 4. The Kier molecular flexibility index (Phi) is 6.51. The predicted octanol–water partition coefficient (Wildman–Crippen LogP) is 3.72. The third kappa shape index (κ3) is 4.74. The van der Waals surface area contributed by atoms with E-state index < -0.39 is 0 Å². The molecule has 1 heterocycles. The monoisotopic (exact) mass is 429 g/mol. The fourth-order valence-electron chi connectivity index (χ4n) is 4.22. The molecule has 1 aromatic heterocycles. The Hall–Kier alpha value is -2.22. The average Bonchev–Trinajstić information content (AvgIpc) is 3.51. The molecule has 2 aliphatic carbocycles. The van der Waals surface area contributed by atoms with Crippen molar-refractivity contribution in [2.75, 3.05) is 18.2 Å². The zero-order valence-corrected chi connectivity index (χ0v) is 18.6. The highest BCUT2D eigenvalue weighted by atomic mass is 32.2. The van der Waals surface area contributed by atoms with Gasteiger partial charge in [0.15, 0.2) is 5.82 Å². The number of nitrogens with two attached hydrogens (primary N) is 1. The van der Waals surface area contributed by atoms with Gasteiger partial charge in [0.1, 0.15) is 5.75 Å². The van der Waals surface area contributed by atoms with E-state index in [1.807, 2.05) is 31.2 Å². The van der Waals surface area contributed by atoms with E-state index in [9.17, 15) is 4.79 Å². The molecule has 2 fully saturated rings. The van der Waals surface area contributed by atoms with Crippen LogP contribution >= 0.6 is 11.8 Å². The molecule has 0 spiro atoms. The first-order chi connectivity index (χ1) is 14.6. The van der Waals surface area contributed by atoms with Crippen molar-refractivity contribution in [3.8, 4) is 17.1 Å². The minimum Gasteiger partial charge on any atom is -0.494 e. The van der Waals surface area contributed by atoms with Crippen LogP contribution in [0.1, 0.15) is 52.4 Å². The number of rotatable bonds is 8. The number of hydrogen-bond acceptors (Lipinski definition) is 6. The third-order valence-electron chi connectivity index (χ3n) is 6.02. The number of amides is 1. The van der Waals surface area contributed by atoms with Gasteiger partial charge >= 0.3 is 0 Å². The Morgan fingerprint density at radius 2 is 1.77 bits per heavy atom.